The van der Waals surface area contributed by atoms with E-state index < -0.39 is 17.9 Å². The third-order valence-electron chi connectivity index (χ3n) is 3.02. The van der Waals surface area contributed by atoms with Gasteiger partial charge in [0.2, 0.25) is 0 Å². The number of aromatic hydroxyl groups is 1. The second-order valence-electron chi connectivity index (χ2n) is 4.48. The van der Waals surface area contributed by atoms with Crippen LogP contribution in [0.3, 0.4) is 0 Å². The van der Waals surface area contributed by atoms with Crippen LogP contribution >= 0.6 is 0 Å². The third kappa shape index (κ3) is 2.64. The molecule has 1 atom stereocenters. The Kier molecular flexibility index (Phi) is 4.02. The first kappa shape index (κ1) is 14.0. The summed E-state index contributed by atoms with van der Waals surface area (Å²) in [5.41, 5.74) is 1.28. The lowest BCUT2D eigenvalue weighted by atomic mass is 10.0. The van der Waals surface area contributed by atoms with Crippen molar-refractivity contribution in [1.82, 2.24) is 5.01 Å². The average molecular weight is 276 g/mol. The zero-order valence-electron chi connectivity index (χ0n) is 11.4. The first-order chi connectivity index (χ1) is 9.54. The van der Waals surface area contributed by atoms with Crippen molar-refractivity contribution in [2.24, 2.45) is 5.10 Å². The van der Waals surface area contributed by atoms with Gasteiger partial charge in [0.1, 0.15) is 5.75 Å². The van der Waals surface area contributed by atoms with Crippen LogP contribution in [0.4, 0.5) is 0 Å². The molecule has 106 valence electrons. The summed E-state index contributed by atoms with van der Waals surface area (Å²) in [4.78, 5) is 23.6. The molecule has 0 fully saturated rings. The maximum atomic E-state index is 12.0. The number of hydrazone groups is 1. The molecule has 0 unspecified atom stereocenters. The molecule has 1 N–H and O–H groups in total. The van der Waals surface area contributed by atoms with Gasteiger partial charge in [-0.2, -0.15) is 5.10 Å². The molecule has 0 aromatic heterocycles. The number of phenolic OH excluding ortho intramolecular Hbond substituents is 1. The Morgan fingerprint density at radius 2 is 2.15 bits per heavy atom. The minimum absolute atomic E-state index is 0.0732. The molecule has 0 spiro atoms. The molecule has 0 bridgehead atoms. The van der Waals surface area contributed by atoms with Crippen molar-refractivity contribution in [3.8, 4) is 5.75 Å². The maximum absolute atomic E-state index is 12.0. The number of ether oxygens (including phenoxy) is 1. The van der Waals surface area contributed by atoms with Gasteiger partial charge in [-0.1, -0.05) is 18.2 Å². The molecule has 1 aliphatic rings. The smallest absolute Gasteiger partial charge is 0.398 e. The van der Waals surface area contributed by atoms with E-state index in [9.17, 15) is 14.7 Å². The van der Waals surface area contributed by atoms with Crippen LogP contribution in [0, 0.1) is 0 Å². The lowest BCUT2D eigenvalue weighted by Gasteiger charge is -2.21. The second-order valence-corrected chi connectivity index (χ2v) is 4.48. The standard InChI is InChI=1S/C14H16N2O4/c1-3-20-14(19)13(18)16-11(8-9(2)15-16)10-6-4-5-7-12(10)17/h4-7,11,17H,3,8H2,1-2H3/t11-/m1/s1. The molecule has 2 rings (SSSR count). The molecule has 1 aromatic carbocycles. The molecule has 0 saturated heterocycles. The second kappa shape index (κ2) is 5.73. The molecule has 0 saturated carbocycles. The summed E-state index contributed by atoms with van der Waals surface area (Å²) in [6.45, 7) is 3.53. The molecule has 1 aromatic rings. The SMILES string of the molecule is CCOC(=O)C(=O)N1N=C(C)C[C@@H]1c1ccccc1O. The summed E-state index contributed by atoms with van der Waals surface area (Å²) in [7, 11) is 0. The van der Waals surface area contributed by atoms with Crippen molar-refractivity contribution in [2.45, 2.75) is 26.3 Å². The number of phenols is 1. The highest BCUT2D eigenvalue weighted by atomic mass is 16.5. The van der Waals surface area contributed by atoms with Crippen LogP contribution in [0.15, 0.2) is 29.4 Å². The minimum atomic E-state index is -0.939. The van der Waals surface area contributed by atoms with Crippen molar-refractivity contribution in [2.75, 3.05) is 6.61 Å². The molecular formula is C14H16N2O4. The van der Waals surface area contributed by atoms with Gasteiger partial charge in [0.05, 0.1) is 12.6 Å². The first-order valence-electron chi connectivity index (χ1n) is 6.37. The highest BCUT2D eigenvalue weighted by Gasteiger charge is 2.36. The van der Waals surface area contributed by atoms with E-state index in [1.54, 1.807) is 32.0 Å². The van der Waals surface area contributed by atoms with Gasteiger partial charge >= 0.3 is 11.9 Å². The van der Waals surface area contributed by atoms with Gasteiger partial charge in [-0.25, -0.2) is 9.80 Å². The summed E-state index contributed by atoms with van der Waals surface area (Å²) in [5.74, 6) is -1.69. The molecular weight excluding hydrogens is 260 g/mol. The van der Waals surface area contributed by atoms with Gasteiger partial charge in [-0.05, 0) is 19.9 Å². The first-order valence-corrected chi connectivity index (χ1v) is 6.37. The summed E-state index contributed by atoms with van der Waals surface area (Å²) in [5, 5.41) is 15.1. The van der Waals surface area contributed by atoms with Crippen LogP contribution in [0.1, 0.15) is 31.9 Å². The van der Waals surface area contributed by atoms with E-state index in [4.69, 9.17) is 4.74 Å². The molecule has 0 radical (unpaired) electrons. The Bertz CT molecular complexity index is 568. The number of hydrogen-bond acceptors (Lipinski definition) is 5. The molecule has 6 heteroatoms. The average Bonchev–Trinajstić information content (AvgIpc) is 2.80. The fourth-order valence-corrected chi connectivity index (χ4v) is 2.15. The van der Waals surface area contributed by atoms with Crippen molar-refractivity contribution in [1.29, 1.82) is 0 Å². The minimum Gasteiger partial charge on any atom is -0.508 e. The van der Waals surface area contributed by atoms with Crippen LogP contribution in [0.5, 0.6) is 5.75 Å². The fraction of sp³-hybridized carbons (Fsp3) is 0.357. The number of amides is 1. The lowest BCUT2D eigenvalue weighted by molar-refractivity contribution is -0.160. The number of esters is 1. The Labute approximate surface area is 116 Å². The van der Waals surface area contributed by atoms with Crippen molar-refractivity contribution in [3.05, 3.63) is 29.8 Å². The van der Waals surface area contributed by atoms with Gasteiger partial charge in [0.15, 0.2) is 0 Å². The predicted octanol–water partition coefficient (Wildman–Crippen LogP) is 1.60. The number of para-hydroxylation sites is 1. The van der Waals surface area contributed by atoms with E-state index in [1.165, 1.54) is 6.07 Å². The molecule has 20 heavy (non-hydrogen) atoms. The van der Waals surface area contributed by atoms with Gasteiger partial charge in [0.25, 0.3) is 0 Å². The summed E-state index contributed by atoms with van der Waals surface area (Å²) >= 11 is 0. The zero-order chi connectivity index (χ0) is 14.7. The summed E-state index contributed by atoms with van der Waals surface area (Å²) in [6.07, 6.45) is 0.475. The molecule has 6 nitrogen and oxygen atoms in total. The van der Waals surface area contributed by atoms with Crippen molar-refractivity contribution >= 4 is 17.6 Å². The van der Waals surface area contributed by atoms with E-state index in [0.29, 0.717) is 12.0 Å². The molecule has 1 aliphatic heterocycles. The lowest BCUT2D eigenvalue weighted by Crippen LogP contribution is -2.34. The quantitative estimate of drug-likeness (QED) is 0.657. The summed E-state index contributed by atoms with van der Waals surface area (Å²) in [6, 6.07) is 6.22. The number of benzene rings is 1. The summed E-state index contributed by atoms with van der Waals surface area (Å²) < 4.78 is 4.70. The number of carbonyl (C=O) groups is 2. The number of rotatable bonds is 2. The Hall–Kier alpha value is -2.37. The normalized spacial score (nSPS) is 17.8. The number of nitrogens with zero attached hydrogens (tertiary/aromatic N) is 2. The third-order valence-corrected chi connectivity index (χ3v) is 3.02. The molecule has 1 heterocycles. The van der Waals surface area contributed by atoms with E-state index >= 15 is 0 Å². The zero-order valence-corrected chi connectivity index (χ0v) is 11.4. The van der Waals surface area contributed by atoms with Crippen LogP contribution < -0.4 is 0 Å². The van der Waals surface area contributed by atoms with E-state index in [-0.39, 0.29) is 12.4 Å². The van der Waals surface area contributed by atoms with Gasteiger partial charge in [0, 0.05) is 17.7 Å². The van der Waals surface area contributed by atoms with Gasteiger partial charge < -0.3 is 9.84 Å². The Balaban J connectivity index is 2.28. The van der Waals surface area contributed by atoms with Gasteiger partial charge in [-0.3, -0.25) is 4.79 Å². The highest BCUT2D eigenvalue weighted by Crippen LogP contribution is 2.35. The van der Waals surface area contributed by atoms with Crippen molar-refractivity contribution < 1.29 is 19.4 Å². The monoisotopic (exact) mass is 276 g/mol. The Morgan fingerprint density at radius 1 is 1.45 bits per heavy atom. The number of carbonyl (C=O) groups excluding carboxylic acids is 2. The van der Waals surface area contributed by atoms with Crippen LogP contribution in [-0.2, 0) is 14.3 Å². The maximum Gasteiger partial charge on any atom is 0.398 e. The van der Waals surface area contributed by atoms with Crippen molar-refractivity contribution in [3.63, 3.8) is 0 Å². The van der Waals surface area contributed by atoms with E-state index in [1.807, 2.05) is 0 Å². The van der Waals surface area contributed by atoms with E-state index in [0.717, 1.165) is 10.7 Å². The predicted molar refractivity (Wildman–Crippen MR) is 72.1 cm³/mol. The Morgan fingerprint density at radius 3 is 2.80 bits per heavy atom. The number of hydrogen-bond donors (Lipinski definition) is 1. The van der Waals surface area contributed by atoms with Crippen LogP contribution in [0.2, 0.25) is 0 Å². The van der Waals surface area contributed by atoms with Gasteiger partial charge in [-0.15, -0.1) is 0 Å². The highest BCUT2D eigenvalue weighted by molar-refractivity contribution is 6.32. The van der Waals surface area contributed by atoms with E-state index in [2.05, 4.69) is 5.10 Å². The van der Waals surface area contributed by atoms with Crippen LogP contribution in [-0.4, -0.2) is 34.3 Å². The topological polar surface area (TPSA) is 79.2 Å². The fourth-order valence-electron chi connectivity index (χ4n) is 2.15. The molecule has 1 amide bonds. The van der Waals surface area contributed by atoms with Crippen LogP contribution in [0.25, 0.3) is 0 Å². The molecule has 0 aliphatic carbocycles. The largest absolute Gasteiger partial charge is 0.508 e.